The standard InChI is InChI=1S/C10H7F11O2/c1-3-22-4(2)23-6(7(11,12)10(19,20)21)5(8(13,14)15)9(16,17)18/h3-4H,1H2,2H3. The number of alkyl halides is 11. The molecule has 0 aromatic carbocycles. The highest BCUT2D eigenvalue weighted by Crippen LogP contribution is 2.49. The van der Waals surface area contributed by atoms with Crippen molar-refractivity contribution in [1.29, 1.82) is 0 Å². The predicted molar refractivity (Wildman–Crippen MR) is 52.0 cm³/mol. The summed E-state index contributed by atoms with van der Waals surface area (Å²) in [5.41, 5.74) is -4.13. The highest BCUT2D eigenvalue weighted by molar-refractivity contribution is 5.26. The Morgan fingerprint density at radius 3 is 1.52 bits per heavy atom. The maximum absolute atomic E-state index is 13.1. The van der Waals surface area contributed by atoms with Gasteiger partial charge in [0.2, 0.25) is 6.29 Å². The van der Waals surface area contributed by atoms with Crippen LogP contribution in [0, 0.1) is 0 Å². The maximum Gasteiger partial charge on any atom is 0.461 e. The van der Waals surface area contributed by atoms with Crippen LogP contribution in [-0.4, -0.2) is 30.7 Å². The lowest BCUT2D eigenvalue weighted by Gasteiger charge is -2.28. The fraction of sp³-hybridized carbons (Fsp3) is 0.600. The molecule has 0 amide bonds. The summed E-state index contributed by atoms with van der Waals surface area (Å²) in [6.45, 7) is 3.27. The maximum atomic E-state index is 13.1. The molecule has 23 heavy (non-hydrogen) atoms. The Morgan fingerprint density at radius 1 is 0.870 bits per heavy atom. The number of hydrogen-bond acceptors (Lipinski definition) is 2. The average molecular weight is 368 g/mol. The lowest BCUT2D eigenvalue weighted by atomic mass is 10.1. The monoisotopic (exact) mass is 368 g/mol. The molecule has 0 aromatic heterocycles. The van der Waals surface area contributed by atoms with Crippen molar-refractivity contribution in [3.8, 4) is 0 Å². The Balaban J connectivity index is 6.52. The van der Waals surface area contributed by atoms with Crippen LogP contribution in [0.2, 0.25) is 0 Å². The van der Waals surface area contributed by atoms with Gasteiger partial charge in [0.1, 0.15) is 0 Å². The van der Waals surface area contributed by atoms with Gasteiger partial charge in [0, 0.05) is 6.92 Å². The van der Waals surface area contributed by atoms with E-state index in [0.717, 1.165) is 0 Å². The molecule has 136 valence electrons. The molecule has 0 bridgehead atoms. The molecule has 0 heterocycles. The van der Waals surface area contributed by atoms with Crippen molar-refractivity contribution in [1.82, 2.24) is 0 Å². The van der Waals surface area contributed by atoms with Gasteiger partial charge in [-0.05, 0) is 0 Å². The first-order valence-electron chi connectivity index (χ1n) is 5.23. The number of allylic oxidation sites excluding steroid dienone is 2. The van der Waals surface area contributed by atoms with E-state index in [2.05, 4.69) is 16.1 Å². The Labute approximate surface area is 121 Å². The van der Waals surface area contributed by atoms with E-state index in [1.807, 2.05) is 0 Å². The minimum absolute atomic E-state index is 0.356. The van der Waals surface area contributed by atoms with Crippen molar-refractivity contribution in [3.05, 3.63) is 24.2 Å². The molecule has 0 aliphatic heterocycles. The number of ether oxygens (including phenoxy) is 2. The van der Waals surface area contributed by atoms with E-state index in [9.17, 15) is 48.3 Å². The topological polar surface area (TPSA) is 18.5 Å². The fourth-order valence-corrected chi connectivity index (χ4v) is 1.17. The summed E-state index contributed by atoms with van der Waals surface area (Å²) < 4.78 is 145. The van der Waals surface area contributed by atoms with Crippen LogP contribution in [0.4, 0.5) is 48.3 Å². The van der Waals surface area contributed by atoms with E-state index >= 15 is 0 Å². The van der Waals surface area contributed by atoms with Gasteiger partial charge in [0.05, 0.1) is 6.26 Å². The van der Waals surface area contributed by atoms with Gasteiger partial charge in [-0.15, -0.1) is 0 Å². The molecule has 0 saturated heterocycles. The van der Waals surface area contributed by atoms with Crippen LogP contribution < -0.4 is 0 Å². The molecule has 1 unspecified atom stereocenters. The summed E-state index contributed by atoms with van der Waals surface area (Å²) >= 11 is 0. The largest absolute Gasteiger partial charge is 0.463 e. The zero-order chi connectivity index (χ0) is 18.9. The van der Waals surface area contributed by atoms with Gasteiger partial charge in [0.25, 0.3) is 0 Å². The highest BCUT2D eigenvalue weighted by atomic mass is 19.4. The highest BCUT2D eigenvalue weighted by Gasteiger charge is 2.68. The van der Waals surface area contributed by atoms with Gasteiger partial charge < -0.3 is 9.47 Å². The third-order valence-corrected chi connectivity index (χ3v) is 2.01. The molecule has 0 fully saturated rings. The van der Waals surface area contributed by atoms with Crippen LogP contribution in [0.5, 0.6) is 0 Å². The molecule has 0 aliphatic rings. The third-order valence-electron chi connectivity index (χ3n) is 2.01. The molecule has 0 N–H and O–H groups in total. The van der Waals surface area contributed by atoms with E-state index < -0.39 is 42.1 Å². The SMILES string of the molecule is C=COC(C)OC(=C(C(F)(F)F)C(F)(F)F)C(F)(F)C(F)(F)F. The summed E-state index contributed by atoms with van der Waals surface area (Å²) in [4.78, 5) is 0. The van der Waals surface area contributed by atoms with Crippen molar-refractivity contribution in [2.75, 3.05) is 0 Å². The molecular weight excluding hydrogens is 361 g/mol. The van der Waals surface area contributed by atoms with Crippen molar-refractivity contribution < 1.29 is 57.8 Å². The number of halogens is 11. The molecular formula is C10H7F11O2. The lowest BCUT2D eigenvalue weighted by molar-refractivity contribution is -0.288. The fourth-order valence-electron chi connectivity index (χ4n) is 1.17. The van der Waals surface area contributed by atoms with Gasteiger partial charge in [-0.3, -0.25) is 0 Å². The Morgan fingerprint density at radius 2 is 1.26 bits per heavy atom. The zero-order valence-electron chi connectivity index (χ0n) is 10.8. The van der Waals surface area contributed by atoms with Gasteiger partial charge in [0.15, 0.2) is 11.3 Å². The summed E-state index contributed by atoms with van der Waals surface area (Å²) in [6.07, 6.45) is -22.0. The molecule has 2 nitrogen and oxygen atoms in total. The zero-order valence-corrected chi connectivity index (χ0v) is 10.8. The molecule has 1 atom stereocenters. The van der Waals surface area contributed by atoms with E-state index in [1.54, 1.807) is 0 Å². The average Bonchev–Trinajstić information content (AvgIpc) is 2.22. The van der Waals surface area contributed by atoms with Crippen LogP contribution in [0.25, 0.3) is 0 Å². The van der Waals surface area contributed by atoms with E-state index in [4.69, 9.17) is 0 Å². The van der Waals surface area contributed by atoms with Gasteiger partial charge in [-0.25, -0.2) is 0 Å². The minimum atomic E-state index is -6.78. The molecule has 0 radical (unpaired) electrons. The smallest absolute Gasteiger partial charge is 0.461 e. The number of rotatable bonds is 5. The predicted octanol–water partition coefficient (Wildman–Crippen LogP) is 5.09. The molecule has 0 aromatic rings. The summed E-state index contributed by atoms with van der Waals surface area (Å²) in [5.74, 6) is -10.2. The second kappa shape index (κ2) is 6.43. The molecule has 0 aliphatic carbocycles. The molecule has 0 spiro atoms. The molecule has 0 saturated carbocycles. The Bertz CT molecular complexity index is 439. The Hall–Kier alpha value is -1.69. The van der Waals surface area contributed by atoms with Crippen LogP contribution in [0.3, 0.4) is 0 Å². The van der Waals surface area contributed by atoms with Gasteiger partial charge in [-0.1, -0.05) is 6.58 Å². The van der Waals surface area contributed by atoms with Crippen LogP contribution in [0.1, 0.15) is 6.92 Å². The molecule has 13 heteroatoms. The minimum Gasteiger partial charge on any atom is -0.463 e. The van der Waals surface area contributed by atoms with Gasteiger partial charge in [-0.2, -0.15) is 48.3 Å². The third kappa shape index (κ3) is 5.16. The van der Waals surface area contributed by atoms with Crippen LogP contribution in [0.15, 0.2) is 24.2 Å². The second-order valence-corrected chi connectivity index (χ2v) is 3.76. The van der Waals surface area contributed by atoms with Crippen molar-refractivity contribution in [3.63, 3.8) is 0 Å². The van der Waals surface area contributed by atoms with E-state index in [-0.39, 0.29) is 0 Å². The Kier molecular flexibility index (Phi) is 5.96. The summed E-state index contributed by atoms with van der Waals surface area (Å²) in [6, 6.07) is 0. The van der Waals surface area contributed by atoms with Gasteiger partial charge >= 0.3 is 24.5 Å². The van der Waals surface area contributed by atoms with Crippen LogP contribution in [-0.2, 0) is 9.47 Å². The first-order valence-corrected chi connectivity index (χ1v) is 5.23. The summed E-state index contributed by atoms with van der Waals surface area (Å²) in [5, 5.41) is 0. The summed E-state index contributed by atoms with van der Waals surface area (Å²) in [7, 11) is 0. The first-order chi connectivity index (χ1) is 9.96. The number of hydrogen-bond donors (Lipinski definition) is 0. The molecule has 0 rings (SSSR count). The van der Waals surface area contributed by atoms with E-state index in [1.165, 1.54) is 0 Å². The van der Waals surface area contributed by atoms with Crippen molar-refractivity contribution in [2.45, 2.75) is 37.7 Å². The lowest BCUT2D eigenvalue weighted by Crippen LogP contribution is -2.44. The van der Waals surface area contributed by atoms with Crippen molar-refractivity contribution >= 4 is 0 Å². The quantitative estimate of drug-likeness (QED) is 0.383. The van der Waals surface area contributed by atoms with Crippen molar-refractivity contribution in [2.24, 2.45) is 0 Å². The van der Waals surface area contributed by atoms with Crippen LogP contribution >= 0.6 is 0 Å². The van der Waals surface area contributed by atoms with E-state index in [0.29, 0.717) is 13.2 Å². The second-order valence-electron chi connectivity index (χ2n) is 3.76. The first kappa shape index (κ1) is 21.3. The normalized spacial score (nSPS) is 15.0.